The number of carbonyl (C=O) groups is 3. The van der Waals surface area contributed by atoms with E-state index in [2.05, 4.69) is 0 Å². The van der Waals surface area contributed by atoms with Crippen LogP contribution in [0, 0.1) is 6.92 Å². The highest BCUT2D eigenvalue weighted by atomic mass is 35.5. The average molecular weight is 584 g/mol. The molecule has 3 aromatic rings. The first-order valence-electron chi connectivity index (χ1n) is 12.3. The predicted molar refractivity (Wildman–Crippen MR) is 153 cm³/mol. The summed E-state index contributed by atoms with van der Waals surface area (Å²) in [4.78, 5) is 40.7. The van der Waals surface area contributed by atoms with Crippen LogP contribution in [0.3, 0.4) is 0 Å². The van der Waals surface area contributed by atoms with Crippen LogP contribution in [-0.2, 0) is 14.3 Å². The Hall–Kier alpha value is -4.01. The number of esters is 1. The molecule has 0 saturated carbocycles. The van der Waals surface area contributed by atoms with Crippen molar-refractivity contribution in [2.24, 2.45) is 0 Å². The molecule has 1 amide bonds. The molecular weight excluding hydrogens is 557 g/mol. The molecule has 0 spiro atoms. The topological polar surface area (TPSA) is 102 Å². The lowest BCUT2D eigenvalue weighted by Gasteiger charge is -2.26. The highest BCUT2D eigenvalue weighted by Gasteiger charge is 2.47. The summed E-state index contributed by atoms with van der Waals surface area (Å²) in [5.74, 6) is -2.68. The molecule has 0 aromatic heterocycles. The van der Waals surface area contributed by atoms with E-state index < -0.39 is 29.5 Å². The molecule has 8 nitrogen and oxygen atoms in total. The summed E-state index contributed by atoms with van der Waals surface area (Å²) < 4.78 is 15.9. The number of methoxy groups -OCH3 is 2. The number of hydrogen-bond donors (Lipinski definition) is 1. The number of aryl methyl sites for hydroxylation is 1. The van der Waals surface area contributed by atoms with E-state index in [9.17, 15) is 19.5 Å². The van der Waals surface area contributed by atoms with E-state index in [4.69, 9.17) is 37.4 Å². The van der Waals surface area contributed by atoms with Crippen molar-refractivity contribution in [2.75, 3.05) is 19.1 Å². The molecule has 1 aliphatic rings. The van der Waals surface area contributed by atoms with Crippen molar-refractivity contribution >= 4 is 52.3 Å². The van der Waals surface area contributed by atoms with Crippen LogP contribution in [0.25, 0.3) is 5.76 Å². The number of aliphatic hydroxyl groups is 1. The zero-order chi connectivity index (χ0) is 29.3. The van der Waals surface area contributed by atoms with Gasteiger partial charge in [0.1, 0.15) is 10.8 Å². The van der Waals surface area contributed by atoms with E-state index >= 15 is 0 Å². The van der Waals surface area contributed by atoms with Crippen LogP contribution >= 0.6 is 23.2 Å². The molecule has 1 atom stereocenters. The number of ketones is 1. The van der Waals surface area contributed by atoms with Crippen LogP contribution in [0.5, 0.6) is 11.5 Å². The van der Waals surface area contributed by atoms with Crippen molar-refractivity contribution in [1.29, 1.82) is 0 Å². The van der Waals surface area contributed by atoms with Gasteiger partial charge in [0.25, 0.3) is 11.7 Å². The summed E-state index contributed by atoms with van der Waals surface area (Å²) >= 11 is 12.8. The fourth-order valence-corrected chi connectivity index (χ4v) is 5.27. The van der Waals surface area contributed by atoms with Gasteiger partial charge >= 0.3 is 5.97 Å². The number of benzene rings is 3. The molecule has 1 fully saturated rings. The zero-order valence-electron chi connectivity index (χ0n) is 22.5. The van der Waals surface area contributed by atoms with Gasteiger partial charge in [-0.05, 0) is 56.7 Å². The van der Waals surface area contributed by atoms with Crippen LogP contribution < -0.4 is 14.4 Å². The fraction of sp³-hybridized carbons (Fsp3) is 0.233. The number of anilines is 1. The third-order valence-electron chi connectivity index (χ3n) is 6.32. The standard InChI is InChI=1S/C30H27Cl2NO7/c1-15(2)40-30(37)17-9-11-19(12-10-17)33-24(18-8-6-7-16(3)13-18)22(26(35)29(33)36)25(34)20-14-21(31)28(39-5)23(32)27(20)38-4/h6-15,24,34H,1-5H3/b25-22+. The predicted octanol–water partition coefficient (Wildman–Crippen LogP) is 6.51. The summed E-state index contributed by atoms with van der Waals surface area (Å²) in [6, 6.07) is 13.7. The van der Waals surface area contributed by atoms with Gasteiger partial charge in [0.15, 0.2) is 11.5 Å². The number of Topliss-reactive ketones (excluding diaryl/α,β-unsaturated/α-hetero) is 1. The van der Waals surface area contributed by atoms with Gasteiger partial charge in [-0.2, -0.15) is 0 Å². The van der Waals surface area contributed by atoms with Crippen molar-refractivity contribution < 1.29 is 33.7 Å². The quantitative estimate of drug-likeness (QED) is 0.146. The summed E-state index contributed by atoms with van der Waals surface area (Å²) in [5.41, 5.74) is 1.91. The molecule has 1 heterocycles. The third-order valence-corrected chi connectivity index (χ3v) is 6.94. The van der Waals surface area contributed by atoms with Gasteiger partial charge in [0, 0.05) is 5.69 Å². The molecule has 40 heavy (non-hydrogen) atoms. The van der Waals surface area contributed by atoms with Gasteiger partial charge in [0.05, 0.1) is 48.1 Å². The van der Waals surface area contributed by atoms with Crippen LogP contribution in [0.4, 0.5) is 5.69 Å². The van der Waals surface area contributed by atoms with Crippen molar-refractivity contribution in [3.63, 3.8) is 0 Å². The average Bonchev–Trinajstić information content (AvgIpc) is 3.18. The monoisotopic (exact) mass is 583 g/mol. The zero-order valence-corrected chi connectivity index (χ0v) is 24.0. The number of nitrogens with zero attached hydrogens (tertiary/aromatic N) is 1. The van der Waals surface area contributed by atoms with Crippen LogP contribution in [0.15, 0.2) is 60.2 Å². The third kappa shape index (κ3) is 5.24. The second-order valence-corrected chi connectivity index (χ2v) is 10.2. The van der Waals surface area contributed by atoms with Crippen molar-refractivity contribution in [3.8, 4) is 11.5 Å². The first-order valence-corrected chi connectivity index (χ1v) is 13.0. The Morgan fingerprint density at radius 2 is 1.62 bits per heavy atom. The number of rotatable bonds is 7. The number of aliphatic hydroxyl groups excluding tert-OH is 1. The Morgan fingerprint density at radius 3 is 2.20 bits per heavy atom. The molecule has 10 heteroatoms. The van der Waals surface area contributed by atoms with Gasteiger partial charge in [-0.25, -0.2) is 4.79 Å². The Bertz CT molecular complexity index is 1530. The summed E-state index contributed by atoms with van der Waals surface area (Å²) in [5, 5.41) is 11.6. The minimum absolute atomic E-state index is 0.00995. The van der Waals surface area contributed by atoms with E-state index in [1.54, 1.807) is 38.1 Å². The first-order chi connectivity index (χ1) is 19.0. The lowest BCUT2D eigenvalue weighted by Crippen LogP contribution is -2.29. The van der Waals surface area contributed by atoms with Gasteiger partial charge in [-0.15, -0.1) is 0 Å². The Balaban J connectivity index is 1.93. The van der Waals surface area contributed by atoms with Crippen molar-refractivity contribution in [3.05, 3.63) is 92.5 Å². The lowest BCUT2D eigenvalue weighted by molar-refractivity contribution is -0.132. The molecule has 1 saturated heterocycles. The summed E-state index contributed by atoms with van der Waals surface area (Å²) in [6.07, 6.45) is -0.303. The smallest absolute Gasteiger partial charge is 0.338 e. The molecule has 0 aliphatic carbocycles. The second kappa shape index (κ2) is 11.6. The van der Waals surface area contributed by atoms with Crippen LogP contribution in [-0.4, -0.2) is 43.1 Å². The van der Waals surface area contributed by atoms with Crippen molar-refractivity contribution in [1.82, 2.24) is 0 Å². The molecule has 4 rings (SSSR count). The number of hydrogen-bond acceptors (Lipinski definition) is 7. The largest absolute Gasteiger partial charge is 0.507 e. The summed E-state index contributed by atoms with van der Waals surface area (Å²) in [7, 11) is 2.72. The molecule has 1 unspecified atom stereocenters. The Morgan fingerprint density at radius 1 is 0.975 bits per heavy atom. The maximum Gasteiger partial charge on any atom is 0.338 e. The molecule has 208 valence electrons. The van der Waals surface area contributed by atoms with E-state index in [1.165, 1.54) is 37.3 Å². The summed E-state index contributed by atoms with van der Waals surface area (Å²) in [6.45, 7) is 5.36. The lowest BCUT2D eigenvalue weighted by atomic mass is 9.94. The van der Waals surface area contributed by atoms with Gasteiger partial charge in [-0.1, -0.05) is 53.0 Å². The van der Waals surface area contributed by atoms with Gasteiger partial charge in [0.2, 0.25) is 0 Å². The van der Waals surface area contributed by atoms with E-state index in [1.807, 2.05) is 19.1 Å². The number of ether oxygens (including phenoxy) is 3. The Kier molecular flexibility index (Phi) is 8.42. The highest BCUT2D eigenvalue weighted by Crippen LogP contribution is 2.48. The van der Waals surface area contributed by atoms with E-state index in [0.717, 1.165) is 5.56 Å². The van der Waals surface area contributed by atoms with Crippen molar-refractivity contribution in [2.45, 2.75) is 32.9 Å². The normalized spacial score (nSPS) is 16.4. The minimum atomic E-state index is -1.02. The fourth-order valence-electron chi connectivity index (χ4n) is 4.59. The molecular formula is C30H27Cl2NO7. The molecule has 0 radical (unpaired) electrons. The minimum Gasteiger partial charge on any atom is -0.507 e. The molecule has 0 bridgehead atoms. The second-order valence-electron chi connectivity index (χ2n) is 9.37. The van der Waals surface area contributed by atoms with Gasteiger partial charge in [-0.3, -0.25) is 14.5 Å². The van der Waals surface area contributed by atoms with E-state index in [-0.39, 0.29) is 44.3 Å². The number of carbonyl (C=O) groups excluding carboxylic acids is 3. The maximum absolute atomic E-state index is 13.5. The van der Waals surface area contributed by atoms with Crippen LogP contribution in [0.1, 0.15) is 46.9 Å². The number of halogens is 2. The highest BCUT2D eigenvalue weighted by molar-refractivity contribution is 6.52. The van der Waals surface area contributed by atoms with Crippen LogP contribution in [0.2, 0.25) is 10.0 Å². The maximum atomic E-state index is 13.5. The molecule has 1 aliphatic heterocycles. The molecule has 3 aromatic carbocycles. The Labute approximate surface area is 241 Å². The SMILES string of the molecule is COc1c(Cl)cc(/C(O)=C2\C(=O)C(=O)N(c3ccc(C(=O)OC(C)C)cc3)C2c2cccc(C)c2)c(OC)c1Cl. The molecule has 1 N–H and O–H groups in total. The van der Waals surface area contributed by atoms with E-state index in [0.29, 0.717) is 11.3 Å². The first kappa shape index (κ1) is 29.0. The number of amides is 1. The van der Waals surface area contributed by atoms with Gasteiger partial charge < -0.3 is 19.3 Å².